The number of thiophene rings is 2. The molecular formula is C104H68N6O2S2. The van der Waals surface area contributed by atoms with Crippen LogP contribution in [-0.4, -0.2) is 11.7 Å². The molecule has 0 bridgehead atoms. The number of rotatable bonds is 15. The van der Waals surface area contributed by atoms with Gasteiger partial charge in [0.1, 0.15) is 34.0 Å². The smallest absolute Gasteiger partial charge is 0.137 e. The minimum Gasteiger partial charge on any atom is -0.456 e. The summed E-state index contributed by atoms with van der Waals surface area (Å²) in [5, 5.41) is 14.3. The van der Waals surface area contributed by atoms with Gasteiger partial charge in [0.2, 0.25) is 0 Å². The molecule has 2 aliphatic heterocycles. The van der Waals surface area contributed by atoms with Crippen LogP contribution in [0.15, 0.2) is 407 Å². The van der Waals surface area contributed by atoms with Gasteiger partial charge in [-0.1, -0.05) is 261 Å². The number of hydrogen-bond acceptors (Lipinski definition) is 10. The van der Waals surface area contributed by atoms with Crippen LogP contribution in [0.2, 0.25) is 0 Å². The molecule has 538 valence electrons. The van der Waals surface area contributed by atoms with Gasteiger partial charge in [-0.25, -0.2) is 9.98 Å². The van der Waals surface area contributed by atoms with Crippen LogP contribution >= 0.6 is 22.7 Å². The molecule has 0 amide bonds. The number of furan rings is 2. The van der Waals surface area contributed by atoms with Crippen LogP contribution < -0.4 is 20.4 Å². The van der Waals surface area contributed by atoms with Crippen molar-refractivity contribution in [3.8, 4) is 55.6 Å². The van der Waals surface area contributed by atoms with Crippen molar-refractivity contribution in [1.29, 1.82) is 0 Å². The molecule has 16 aromatic carbocycles. The molecular weight excluding hydrogens is 1430 g/mol. The topological polar surface area (TPSA) is 81.5 Å². The van der Waals surface area contributed by atoms with Gasteiger partial charge < -0.3 is 29.3 Å². The van der Waals surface area contributed by atoms with Crippen molar-refractivity contribution in [3.63, 3.8) is 0 Å². The molecule has 0 saturated heterocycles. The zero-order valence-corrected chi connectivity index (χ0v) is 63.2. The van der Waals surface area contributed by atoms with Gasteiger partial charge in [-0.2, -0.15) is 0 Å². The summed E-state index contributed by atoms with van der Waals surface area (Å²) in [5.74, 6) is 1.62. The lowest BCUT2D eigenvalue weighted by atomic mass is 9.94. The standard InChI is InChI=1S/C104H68N6O2S2/c1-5-24-65(25-6-1)66-48-52-69(53-49-66)97-101-99(82-39-14-17-46-93(82)113-101)107-103(105-97)76-56-58-89-84(63-76)95-87(42-22-44-91(95)111-89)109(78-33-9-3-10-34-78)80-37-21-32-75(62-80)74-31-20-30-73(61-74)72-29-19-28-71(60-72)67-50-54-70(55-51-67)98-102-100(83-40-15-18-47-94(83)114-102)108-104(106-98)77-57-59-90-85(64-77)96-88(43-23-45-92(96)112-90)110(79-35-11-4-12-36-79)86-41-16-13-38-81(86)68-26-7-2-8-27-68/h1-64,97-98H,(H,105,107)(H,106,108). The van der Waals surface area contributed by atoms with E-state index in [-0.39, 0.29) is 12.1 Å². The van der Waals surface area contributed by atoms with Crippen molar-refractivity contribution in [3.05, 3.63) is 420 Å². The summed E-state index contributed by atoms with van der Waals surface area (Å²) in [5.41, 5.74) is 27.1. The van der Waals surface area contributed by atoms with Crippen LogP contribution in [0.5, 0.6) is 0 Å². The first-order chi connectivity index (χ1) is 56.5. The maximum atomic E-state index is 6.81. The maximum absolute atomic E-state index is 6.81. The third-order valence-corrected chi connectivity index (χ3v) is 24.8. The summed E-state index contributed by atoms with van der Waals surface area (Å²) in [6.07, 6.45) is 0. The molecule has 2 N–H and O–H groups in total. The molecule has 114 heavy (non-hydrogen) atoms. The molecule has 0 saturated carbocycles. The van der Waals surface area contributed by atoms with Crippen molar-refractivity contribution >= 4 is 144 Å². The number of benzene rings is 16. The number of amidine groups is 2. The Bertz CT molecular complexity index is 7190. The summed E-state index contributed by atoms with van der Waals surface area (Å²) >= 11 is 3.62. The predicted molar refractivity (Wildman–Crippen MR) is 476 cm³/mol. The Labute approximate surface area is 666 Å². The Kier molecular flexibility index (Phi) is 16.3. The monoisotopic (exact) mass is 1500 g/mol. The van der Waals surface area contributed by atoms with Crippen molar-refractivity contribution in [2.75, 3.05) is 9.80 Å². The van der Waals surface area contributed by atoms with Crippen molar-refractivity contribution in [2.45, 2.75) is 12.1 Å². The molecule has 2 aliphatic rings. The van der Waals surface area contributed by atoms with E-state index in [1.165, 1.54) is 35.8 Å². The van der Waals surface area contributed by atoms with E-state index in [4.69, 9.17) is 18.8 Å². The second-order valence-electron chi connectivity index (χ2n) is 29.2. The lowest BCUT2D eigenvalue weighted by Crippen LogP contribution is -2.32. The van der Waals surface area contributed by atoms with Gasteiger partial charge in [0.15, 0.2) is 0 Å². The first kappa shape index (κ1) is 66.6. The van der Waals surface area contributed by atoms with E-state index in [1.807, 2.05) is 22.7 Å². The van der Waals surface area contributed by atoms with Crippen LogP contribution in [0.3, 0.4) is 0 Å². The highest BCUT2D eigenvalue weighted by molar-refractivity contribution is 7.20. The Hall–Kier alpha value is -14.4. The molecule has 0 spiro atoms. The minimum absolute atomic E-state index is 0.111. The van der Waals surface area contributed by atoms with Crippen LogP contribution in [-0.2, 0) is 0 Å². The molecule has 4 aromatic heterocycles. The number of nitrogens with zero attached hydrogens (tertiary/aromatic N) is 4. The largest absolute Gasteiger partial charge is 0.456 e. The average Bonchev–Trinajstić information content (AvgIpc) is 1.54. The third kappa shape index (κ3) is 11.7. The zero-order chi connectivity index (χ0) is 75.2. The van der Waals surface area contributed by atoms with E-state index in [0.717, 1.165) is 173 Å². The number of hydrogen-bond donors (Lipinski definition) is 2. The van der Waals surface area contributed by atoms with Gasteiger partial charge in [-0.3, -0.25) is 0 Å². The maximum Gasteiger partial charge on any atom is 0.137 e. The highest BCUT2D eigenvalue weighted by atomic mass is 32.1. The lowest BCUT2D eigenvalue weighted by Gasteiger charge is -2.28. The molecule has 22 rings (SSSR count). The van der Waals surface area contributed by atoms with Gasteiger partial charge in [0, 0.05) is 64.7 Å². The van der Waals surface area contributed by atoms with Crippen LogP contribution in [0.25, 0.3) is 120 Å². The molecule has 2 unspecified atom stereocenters. The Morgan fingerprint density at radius 3 is 1.15 bits per heavy atom. The SMILES string of the molecule is c1ccc(-c2ccc(C3NC(c4ccc5oc6cccc(N(c7ccccc7)c7cccc(-c8cccc(-c9cccc(-c%10ccc(C%11NC(c%12ccc%13oc%14cccc(N(c%15ccccc%15)c%15ccccc%15-c%15ccccc%15)c%14c%13c%12)=Nc%12c%11sc%11ccccc%12%11)cc%10)c9)c8)c7)c6c5c4)=Nc4c3sc3ccccc43)cc2)cc1. The number of aliphatic imine (C=N–C) groups is 2. The highest BCUT2D eigenvalue weighted by Gasteiger charge is 2.32. The number of fused-ring (bicyclic) bond motifs is 12. The zero-order valence-electron chi connectivity index (χ0n) is 61.5. The molecule has 6 heterocycles. The molecule has 0 fully saturated rings. The van der Waals surface area contributed by atoms with E-state index in [2.05, 4.69) is 409 Å². The van der Waals surface area contributed by atoms with E-state index >= 15 is 0 Å². The summed E-state index contributed by atoms with van der Waals surface area (Å²) in [6, 6.07) is 139. The fourth-order valence-corrected chi connectivity index (χ4v) is 19.4. The van der Waals surface area contributed by atoms with Gasteiger partial charge in [-0.15, -0.1) is 22.7 Å². The molecule has 0 radical (unpaired) electrons. The summed E-state index contributed by atoms with van der Waals surface area (Å²) in [4.78, 5) is 18.1. The first-order valence-electron chi connectivity index (χ1n) is 38.5. The van der Waals surface area contributed by atoms with Crippen molar-refractivity contribution in [1.82, 2.24) is 10.6 Å². The number of anilines is 6. The normalized spacial score (nSPS) is 13.9. The van der Waals surface area contributed by atoms with Crippen molar-refractivity contribution in [2.24, 2.45) is 9.98 Å². The van der Waals surface area contributed by atoms with Crippen LogP contribution in [0, 0.1) is 0 Å². The summed E-state index contributed by atoms with van der Waals surface area (Å²) in [6.45, 7) is 0. The molecule has 8 nitrogen and oxygen atoms in total. The van der Waals surface area contributed by atoms with Gasteiger partial charge in [0.05, 0.1) is 61.0 Å². The van der Waals surface area contributed by atoms with Crippen LogP contribution in [0.4, 0.5) is 45.5 Å². The Morgan fingerprint density at radius 2 is 0.623 bits per heavy atom. The van der Waals surface area contributed by atoms with Crippen LogP contribution in [0.1, 0.15) is 44.1 Å². The van der Waals surface area contributed by atoms with Crippen molar-refractivity contribution < 1.29 is 8.83 Å². The van der Waals surface area contributed by atoms with E-state index in [1.54, 1.807) is 0 Å². The number of nitrogens with one attached hydrogen (secondary N) is 2. The summed E-state index contributed by atoms with van der Waals surface area (Å²) < 4.78 is 16.0. The average molecular weight is 1500 g/mol. The first-order valence-corrected chi connectivity index (χ1v) is 40.2. The quantitative estimate of drug-likeness (QED) is 0.106. The highest BCUT2D eigenvalue weighted by Crippen LogP contribution is 2.52. The second kappa shape index (κ2) is 27.9. The molecule has 0 aliphatic carbocycles. The van der Waals surface area contributed by atoms with E-state index in [9.17, 15) is 0 Å². The van der Waals surface area contributed by atoms with Gasteiger partial charge in [-0.05, 0) is 189 Å². The fourth-order valence-electron chi connectivity index (χ4n) is 16.9. The molecule has 2 atom stereocenters. The van der Waals surface area contributed by atoms with E-state index in [0.29, 0.717) is 0 Å². The van der Waals surface area contributed by atoms with E-state index < -0.39 is 0 Å². The molecule has 20 aromatic rings. The van der Waals surface area contributed by atoms with Gasteiger partial charge >= 0.3 is 0 Å². The predicted octanol–water partition coefficient (Wildman–Crippen LogP) is 28.7. The third-order valence-electron chi connectivity index (χ3n) is 22.4. The Morgan fingerprint density at radius 1 is 0.254 bits per heavy atom. The minimum atomic E-state index is -0.169. The lowest BCUT2D eigenvalue weighted by molar-refractivity contribution is 0.668. The fraction of sp³-hybridized carbons (Fsp3) is 0.0192. The molecule has 10 heteroatoms. The van der Waals surface area contributed by atoms with Gasteiger partial charge in [0.25, 0.3) is 0 Å². The Balaban J connectivity index is 0.567. The summed E-state index contributed by atoms with van der Waals surface area (Å²) in [7, 11) is 0. The second-order valence-corrected chi connectivity index (χ2v) is 31.3. The number of para-hydroxylation sites is 3.